The van der Waals surface area contributed by atoms with Crippen LogP contribution >= 0.6 is 11.8 Å². The number of imidazole rings is 1. The lowest BCUT2D eigenvalue weighted by atomic mass is 10.2. The van der Waals surface area contributed by atoms with Crippen molar-refractivity contribution < 1.29 is 0 Å². The quantitative estimate of drug-likeness (QED) is 0.796. The van der Waals surface area contributed by atoms with E-state index in [2.05, 4.69) is 16.6 Å². The first kappa shape index (κ1) is 10.1. The Kier molecular flexibility index (Phi) is 2.83. The van der Waals surface area contributed by atoms with Gasteiger partial charge in [0, 0.05) is 31.0 Å². The molecule has 14 heavy (non-hydrogen) atoms. The molecule has 2 N–H and O–H groups in total. The smallest absolute Gasteiger partial charge is 0.110 e. The van der Waals surface area contributed by atoms with E-state index in [0.29, 0.717) is 0 Å². The molecule has 3 nitrogen and oxygen atoms in total. The summed E-state index contributed by atoms with van der Waals surface area (Å²) in [5.74, 6) is 3.44. The van der Waals surface area contributed by atoms with Gasteiger partial charge in [-0.15, -0.1) is 0 Å². The highest BCUT2D eigenvalue weighted by molar-refractivity contribution is 7.98. The van der Waals surface area contributed by atoms with Gasteiger partial charge < -0.3 is 10.3 Å². The highest BCUT2D eigenvalue weighted by atomic mass is 32.2. The Morgan fingerprint density at radius 3 is 3.07 bits per heavy atom. The molecule has 2 heterocycles. The number of aromatic nitrogens is 2. The minimum absolute atomic E-state index is 0.199. The SMILES string of the molecule is CC(N)Cc1nc2c(n1C)CCSC2. The molecule has 1 aromatic heterocycles. The minimum atomic E-state index is 0.199. The summed E-state index contributed by atoms with van der Waals surface area (Å²) < 4.78 is 2.23. The van der Waals surface area contributed by atoms with Crippen molar-refractivity contribution >= 4 is 11.8 Å². The van der Waals surface area contributed by atoms with Gasteiger partial charge in [0.15, 0.2) is 0 Å². The average molecular weight is 211 g/mol. The molecule has 2 rings (SSSR count). The van der Waals surface area contributed by atoms with Crippen LogP contribution in [0.1, 0.15) is 24.1 Å². The number of rotatable bonds is 2. The Labute approximate surface area is 89.1 Å². The summed E-state index contributed by atoms with van der Waals surface area (Å²) in [5.41, 5.74) is 8.49. The summed E-state index contributed by atoms with van der Waals surface area (Å²) >= 11 is 1.97. The molecule has 0 bridgehead atoms. The Morgan fingerprint density at radius 1 is 1.64 bits per heavy atom. The van der Waals surface area contributed by atoms with E-state index in [1.54, 1.807) is 0 Å². The molecule has 0 saturated carbocycles. The second kappa shape index (κ2) is 3.95. The summed E-state index contributed by atoms with van der Waals surface area (Å²) in [6.45, 7) is 2.03. The van der Waals surface area contributed by atoms with E-state index in [-0.39, 0.29) is 6.04 Å². The maximum Gasteiger partial charge on any atom is 0.110 e. The molecule has 1 aliphatic heterocycles. The van der Waals surface area contributed by atoms with Crippen LogP contribution in [0.25, 0.3) is 0 Å². The van der Waals surface area contributed by atoms with Gasteiger partial charge in [0.1, 0.15) is 5.82 Å². The van der Waals surface area contributed by atoms with Gasteiger partial charge in [0.25, 0.3) is 0 Å². The van der Waals surface area contributed by atoms with E-state index in [1.807, 2.05) is 18.7 Å². The Balaban J connectivity index is 2.29. The average Bonchev–Trinajstić information content (AvgIpc) is 2.44. The number of nitrogens with zero attached hydrogens (tertiary/aromatic N) is 2. The van der Waals surface area contributed by atoms with E-state index < -0.39 is 0 Å². The van der Waals surface area contributed by atoms with Crippen LogP contribution in [0.15, 0.2) is 0 Å². The van der Waals surface area contributed by atoms with Crippen LogP contribution in [0.2, 0.25) is 0 Å². The van der Waals surface area contributed by atoms with Crippen LogP contribution in [0.3, 0.4) is 0 Å². The van der Waals surface area contributed by atoms with Crippen LogP contribution in [0, 0.1) is 0 Å². The first-order valence-electron chi connectivity index (χ1n) is 5.05. The van der Waals surface area contributed by atoms with Crippen molar-refractivity contribution in [2.45, 2.75) is 31.6 Å². The monoisotopic (exact) mass is 211 g/mol. The van der Waals surface area contributed by atoms with Crippen molar-refractivity contribution in [3.8, 4) is 0 Å². The third-order valence-corrected chi connectivity index (χ3v) is 3.59. The van der Waals surface area contributed by atoms with Gasteiger partial charge in [-0.3, -0.25) is 0 Å². The number of fused-ring (bicyclic) bond motifs is 1. The van der Waals surface area contributed by atoms with Crippen molar-refractivity contribution in [3.05, 3.63) is 17.2 Å². The Morgan fingerprint density at radius 2 is 2.43 bits per heavy atom. The third-order valence-electron chi connectivity index (χ3n) is 2.62. The van der Waals surface area contributed by atoms with Crippen molar-refractivity contribution in [2.24, 2.45) is 12.8 Å². The standard InChI is InChI=1S/C10H17N3S/c1-7(11)5-10-12-8-6-14-4-3-9(8)13(10)2/h7H,3-6,11H2,1-2H3. The van der Waals surface area contributed by atoms with Gasteiger partial charge in [-0.2, -0.15) is 11.8 Å². The van der Waals surface area contributed by atoms with E-state index in [0.717, 1.165) is 24.4 Å². The lowest BCUT2D eigenvalue weighted by molar-refractivity contribution is 0.662. The van der Waals surface area contributed by atoms with Crippen LogP contribution in [-0.2, 0) is 25.6 Å². The molecule has 1 unspecified atom stereocenters. The zero-order valence-corrected chi connectivity index (χ0v) is 9.60. The fourth-order valence-corrected chi connectivity index (χ4v) is 2.79. The summed E-state index contributed by atoms with van der Waals surface area (Å²) in [6, 6.07) is 0.199. The summed E-state index contributed by atoms with van der Waals surface area (Å²) in [7, 11) is 2.11. The summed E-state index contributed by atoms with van der Waals surface area (Å²) in [4.78, 5) is 4.65. The largest absolute Gasteiger partial charge is 0.335 e. The van der Waals surface area contributed by atoms with Crippen molar-refractivity contribution in [1.82, 2.24) is 9.55 Å². The van der Waals surface area contributed by atoms with Gasteiger partial charge >= 0.3 is 0 Å². The van der Waals surface area contributed by atoms with E-state index in [4.69, 9.17) is 5.73 Å². The fraction of sp³-hybridized carbons (Fsp3) is 0.700. The second-order valence-electron chi connectivity index (χ2n) is 3.96. The predicted octanol–water partition coefficient (Wildman–Crippen LogP) is 1.10. The van der Waals surface area contributed by atoms with Crippen LogP contribution in [-0.4, -0.2) is 21.3 Å². The minimum Gasteiger partial charge on any atom is -0.335 e. The van der Waals surface area contributed by atoms with Gasteiger partial charge in [-0.05, 0) is 19.1 Å². The van der Waals surface area contributed by atoms with Crippen molar-refractivity contribution in [1.29, 1.82) is 0 Å². The van der Waals surface area contributed by atoms with Gasteiger partial charge in [0.2, 0.25) is 0 Å². The number of hydrogen-bond donors (Lipinski definition) is 1. The third kappa shape index (κ3) is 1.81. The maximum atomic E-state index is 5.79. The topological polar surface area (TPSA) is 43.8 Å². The van der Waals surface area contributed by atoms with E-state index >= 15 is 0 Å². The molecule has 0 radical (unpaired) electrons. The molecule has 1 atom stereocenters. The fourth-order valence-electron chi connectivity index (χ4n) is 1.88. The van der Waals surface area contributed by atoms with Crippen LogP contribution < -0.4 is 5.73 Å². The molecular formula is C10H17N3S. The number of thioether (sulfide) groups is 1. The first-order valence-corrected chi connectivity index (χ1v) is 6.20. The molecule has 1 aliphatic rings. The molecular weight excluding hydrogens is 194 g/mol. The van der Waals surface area contributed by atoms with Gasteiger partial charge in [-0.1, -0.05) is 0 Å². The summed E-state index contributed by atoms with van der Waals surface area (Å²) in [6.07, 6.45) is 2.04. The normalized spacial score (nSPS) is 17.9. The Hall–Kier alpha value is -0.480. The molecule has 0 fully saturated rings. The van der Waals surface area contributed by atoms with Crippen molar-refractivity contribution in [2.75, 3.05) is 5.75 Å². The van der Waals surface area contributed by atoms with Crippen molar-refractivity contribution in [3.63, 3.8) is 0 Å². The van der Waals surface area contributed by atoms with Gasteiger partial charge in [-0.25, -0.2) is 4.98 Å². The molecule has 4 heteroatoms. The molecule has 78 valence electrons. The Bertz CT molecular complexity index is 330. The van der Waals surface area contributed by atoms with Crippen LogP contribution in [0.5, 0.6) is 0 Å². The van der Waals surface area contributed by atoms with E-state index in [9.17, 15) is 0 Å². The molecule has 0 aromatic carbocycles. The zero-order valence-electron chi connectivity index (χ0n) is 8.79. The molecule has 0 aliphatic carbocycles. The van der Waals surface area contributed by atoms with Crippen LogP contribution in [0.4, 0.5) is 0 Å². The lowest BCUT2D eigenvalue weighted by Crippen LogP contribution is -2.20. The molecule has 0 amide bonds. The molecule has 0 spiro atoms. The number of nitrogens with two attached hydrogens (primary N) is 1. The zero-order chi connectivity index (χ0) is 10.1. The highest BCUT2D eigenvalue weighted by Gasteiger charge is 2.18. The maximum absolute atomic E-state index is 5.79. The first-order chi connectivity index (χ1) is 6.68. The second-order valence-corrected chi connectivity index (χ2v) is 5.07. The number of hydrogen-bond acceptors (Lipinski definition) is 3. The predicted molar refractivity (Wildman–Crippen MR) is 60.4 cm³/mol. The molecule has 1 aromatic rings. The van der Waals surface area contributed by atoms with E-state index in [1.165, 1.54) is 17.1 Å². The highest BCUT2D eigenvalue weighted by Crippen LogP contribution is 2.24. The molecule has 0 saturated heterocycles. The summed E-state index contributed by atoms with van der Waals surface area (Å²) in [5, 5.41) is 0. The lowest BCUT2D eigenvalue weighted by Gasteiger charge is -2.11. The van der Waals surface area contributed by atoms with Gasteiger partial charge in [0.05, 0.1) is 5.69 Å².